The first-order chi connectivity index (χ1) is 8.84. The molecule has 0 unspecified atom stereocenters. The van der Waals surface area contributed by atoms with Crippen LogP contribution in [0.3, 0.4) is 0 Å². The Hall–Kier alpha value is -1.27. The van der Waals surface area contributed by atoms with E-state index in [1.54, 1.807) is 11.3 Å². The fraction of sp³-hybridized carbons (Fsp3) is 0.462. The van der Waals surface area contributed by atoms with Crippen molar-refractivity contribution in [2.45, 2.75) is 39.5 Å². The maximum absolute atomic E-state index is 11.9. The summed E-state index contributed by atoms with van der Waals surface area (Å²) in [5.74, 6) is 0.721. The summed E-state index contributed by atoms with van der Waals surface area (Å²) in [4.78, 5) is 18.5. The fourth-order valence-corrected chi connectivity index (χ4v) is 3.14. The van der Waals surface area contributed by atoms with Gasteiger partial charge in [-0.25, -0.2) is 4.98 Å². The van der Waals surface area contributed by atoms with E-state index in [1.807, 2.05) is 19.1 Å². The molecule has 0 aromatic carbocycles. The molecule has 2 aromatic heterocycles. The Bertz CT molecular complexity index is 581. The van der Waals surface area contributed by atoms with E-state index in [2.05, 4.69) is 35.4 Å². The molecule has 19 heavy (non-hydrogen) atoms. The van der Waals surface area contributed by atoms with Gasteiger partial charge in [0.1, 0.15) is 5.82 Å². The second-order valence-electron chi connectivity index (χ2n) is 5.41. The van der Waals surface area contributed by atoms with Gasteiger partial charge in [-0.15, -0.1) is 11.3 Å². The Morgan fingerprint density at radius 2 is 2.11 bits per heavy atom. The number of thiophene rings is 1. The highest BCUT2D eigenvalue weighted by Gasteiger charge is 2.20. The zero-order valence-electron chi connectivity index (χ0n) is 11.5. The minimum atomic E-state index is -0.0929. The normalized spacial score (nSPS) is 11.6. The molecule has 0 bridgehead atoms. The van der Waals surface area contributed by atoms with Crippen LogP contribution >= 0.6 is 22.9 Å². The van der Waals surface area contributed by atoms with Crippen molar-refractivity contribution in [3.8, 4) is 0 Å². The van der Waals surface area contributed by atoms with Gasteiger partial charge in [0.15, 0.2) is 0 Å². The molecule has 2 aromatic rings. The average molecular weight is 295 g/mol. The number of nitrogens with zero attached hydrogens (tertiary/aromatic N) is 2. The van der Waals surface area contributed by atoms with Crippen molar-refractivity contribution >= 4 is 33.9 Å². The largest absolute Gasteiger partial charge is 0.300 e. The van der Waals surface area contributed by atoms with Gasteiger partial charge < -0.3 is 5.32 Å². The molecule has 0 saturated carbocycles. The highest BCUT2D eigenvalue weighted by Crippen LogP contribution is 2.23. The summed E-state index contributed by atoms with van der Waals surface area (Å²) in [6.45, 7) is 8.19. The molecule has 0 radical (unpaired) electrons. The molecule has 0 saturated heterocycles. The third-order valence-electron chi connectivity index (χ3n) is 2.47. The van der Waals surface area contributed by atoms with E-state index in [4.69, 9.17) is 0 Å². The van der Waals surface area contributed by atoms with Crippen LogP contribution in [0, 0.1) is 6.92 Å². The van der Waals surface area contributed by atoms with Gasteiger partial charge in [0.05, 0.1) is 6.42 Å². The van der Waals surface area contributed by atoms with Crippen LogP contribution in [0.2, 0.25) is 0 Å². The molecule has 0 atom stereocenters. The number of anilines is 1. The van der Waals surface area contributed by atoms with Crippen molar-refractivity contribution < 1.29 is 4.79 Å². The lowest BCUT2D eigenvalue weighted by atomic mass is 9.96. The topological polar surface area (TPSA) is 54.9 Å². The molecule has 1 N–H and O–H groups in total. The van der Waals surface area contributed by atoms with Crippen molar-refractivity contribution in [2.75, 3.05) is 5.32 Å². The Balaban J connectivity index is 1.97. The van der Waals surface area contributed by atoms with Crippen LogP contribution in [0.5, 0.6) is 0 Å². The van der Waals surface area contributed by atoms with Crippen LogP contribution in [0.4, 0.5) is 5.13 Å². The summed E-state index contributed by atoms with van der Waals surface area (Å²) in [6.07, 6.45) is 0.392. The molecule has 6 heteroatoms. The molecule has 4 nitrogen and oxygen atoms in total. The van der Waals surface area contributed by atoms with Gasteiger partial charge in [0, 0.05) is 26.7 Å². The summed E-state index contributed by atoms with van der Waals surface area (Å²) >= 11 is 2.87. The predicted molar refractivity (Wildman–Crippen MR) is 80.0 cm³/mol. The number of rotatable bonds is 3. The standard InChI is InChI=1S/C13H17N3OS2/c1-8-5-6-9(18-8)7-10(17)14-12-15-11(16-19-12)13(2,3)4/h5-6H,7H2,1-4H3,(H,14,15,16,17). The van der Waals surface area contributed by atoms with Crippen LogP contribution in [0.1, 0.15) is 36.3 Å². The highest BCUT2D eigenvalue weighted by molar-refractivity contribution is 7.12. The molecule has 2 rings (SSSR count). The molecule has 0 aliphatic heterocycles. The molecule has 0 aliphatic rings. The van der Waals surface area contributed by atoms with Gasteiger partial charge >= 0.3 is 0 Å². The fourth-order valence-electron chi connectivity index (χ4n) is 1.48. The lowest BCUT2D eigenvalue weighted by Gasteiger charge is -2.12. The lowest BCUT2D eigenvalue weighted by Crippen LogP contribution is -2.15. The van der Waals surface area contributed by atoms with Gasteiger partial charge in [-0.1, -0.05) is 20.8 Å². The zero-order valence-corrected chi connectivity index (χ0v) is 13.1. The van der Waals surface area contributed by atoms with Crippen molar-refractivity contribution in [2.24, 2.45) is 0 Å². The van der Waals surface area contributed by atoms with Crippen LogP contribution in [0.25, 0.3) is 0 Å². The number of hydrogen-bond acceptors (Lipinski definition) is 5. The first-order valence-corrected chi connectivity index (χ1v) is 7.63. The van der Waals surface area contributed by atoms with Gasteiger partial charge in [-0.2, -0.15) is 4.37 Å². The van der Waals surface area contributed by atoms with E-state index in [0.29, 0.717) is 11.6 Å². The second kappa shape index (κ2) is 5.38. The van der Waals surface area contributed by atoms with E-state index in [-0.39, 0.29) is 11.3 Å². The average Bonchev–Trinajstić information content (AvgIpc) is 2.87. The maximum atomic E-state index is 11.9. The molecule has 2 heterocycles. The van der Waals surface area contributed by atoms with Gasteiger partial charge in [-0.3, -0.25) is 4.79 Å². The molecule has 0 fully saturated rings. The van der Waals surface area contributed by atoms with Gasteiger partial charge in [0.2, 0.25) is 11.0 Å². The Morgan fingerprint density at radius 3 is 2.63 bits per heavy atom. The lowest BCUT2D eigenvalue weighted by molar-refractivity contribution is -0.115. The quantitative estimate of drug-likeness (QED) is 0.944. The van der Waals surface area contributed by atoms with E-state index in [0.717, 1.165) is 10.7 Å². The maximum Gasteiger partial charge on any atom is 0.231 e. The van der Waals surface area contributed by atoms with E-state index in [9.17, 15) is 4.79 Å². The summed E-state index contributed by atoms with van der Waals surface area (Å²) in [7, 11) is 0. The number of aryl methyl sites for hydroxylation is 1. The van der Waals surface area contributed by atoms with Crippen molar-refractivity contribution in [1.29, 1.82) is 0 Å². The van der Waals surface area contributed by atoms with E-state index < -0.39 is 0 Å². The van der Waals surface area contributed by atoms with Gasteiger partial charge in [-0.05, 0) is 19.1 Å². The highest BCUT2D eigenvalue weighted by atomic mass is 32.1. The SMILES string of the molecule is Cc1ccc(CC(=O)Nc2nc(C(C)(C)C)ns2)s1. The number of aromatic nitrogens is 2. The minimum Gasteiger partial charge on any atom is -0.300 e. The van der Waals surface area contributed by atoms with Crippen LogP contribution in [-0.4, -0.2) is 15.3 Å². The van der Waals surface area contributed by atoms with E-state index >= 15 is 0 Å². The van der Waals surface area contributed by atoms with Gasteiger partial charge in [0.25, 0.3) is 0 Å². The van der Waals surface area contributed by atoms with Crippen LogP contribution < -0.4 is 5.32 Å². The molecular weight excluding hydrogens is 278 g/mol. The number of carbonyl (C=O) groups is 1. The van der Waals surface area contributed by atoms with Crippen LogP contribution in [0.15, 0.2) is 12.1 Å². The number of carbonyl (C=O) groups excluding carboxylic acids is 1. The summed E-state index contributed by atoms with van der Waals surface area (Å²) in [6, 6.07) is 4.01. The first kappa shape index (κ1) is 14.1. The number of amides is 1. The third kappa shape index (κ3) is 3.84. The van der Waals surface area contributed by atoms with Crippen molar-refractivity contribution in [1.82, 2.24) is 9.36 Å². The van der Waals surface area contributed by atoms with Crippen LogP contribution in [-0.2, 0) is 16.6 Å². The first-order valence-electron chi connectivity index (χ1n) is 6.04. The Kier molecular flexibility index (Phi) is 4.01. The van der Waals surface area contributed by atoms with E-state index in [1.165, 1.54) is 16.4 Å². The monoisotopic (exact) mass is 295 g/mol. The number of hydrogen-bond donors (Lipinski definition) is 1. The molecule has 1 amide bonds. The van der Waals surface area contributed by atoms with Crippen molar-refractivity contribution in [3.63, 3.8) is 0 Å². The summed E-state index contributed by atoms with van der Waals surface area (Å²) in [5.41, 5.74) is -0.0929. The molecular formula is C13H17N3OS2. The zero-order chi connectivity index (χ0) is 14.0. The smallest absolute Gasteiger partial charge is 0.231 e. The predicted octanol–water partition coefficient (Wildman–Crippen LogP) is 3.39. The number of nitrogens with one attached hydrogen (secondary N) is 1. The Morgan fingerprint density at radius 1 is 1.37 bits per heavy atom. The Labute approximate surface area is 121 Å². The molecule has 102 valence electrons. The minimum absolute atomic E-state index is 0.0431. The van der Waals surface area contributed by atoms with Crippen molar-refractivity contribution in [3.05, 3.63) is 27.7 Å². The second-order valence-corrected chi connectivity index (χ2v) is 7.53. The summed E-state index contributed by atoms with van der Waals surface area (Å²) in [5, 5.41) is 3.38. The molecule has 0 aliphatic carbocycles. The third-order valence-corrected chi connectivity index (χ3v) is 4.11. The summed E-state index contributed by atoms with van der Waals surface area (Å²) < 4.78 is 4.27. The molecule has 0 spiro atoms.